The summed E-state index contributed by atoms with van der Waals surface area (Å²) in [5, 5.41) is 7.75. The van der Waals surface area contributed by atoms with Crippen LogP contribution in [0.2, 0.25) is 0 Å². The topological polar surface area (TPSA) is 50.4 Å². The lowest BCUT2D eigenvalue weighted by Gasteiger charge is -2.28. The summed E-state index contributed by atoms with van der Waals surface area (Å²) in [4.78, 5) is 14.0. The number of carbonyl (C=O) groups excluding carboxylic acids is 1. The number of thiocarbonyl (C=S) groups is 1. The standard InChI is InChI=1S/C21H30N2O2S2/c1-5-21(6-2,7-3)23-20(26)22-18-17(19(24)25-8-4)15-13-11-9-10-12-14-16(15)27-18/h1H,6-14H2,2-4H3,(H2,22,23,26). The first-order chi connectivity index (χ1) is 13.0. The summed E-state index contributed by atoms with van der Waals surface area (Å²) in [6, 6.07) is 0. The van der Waals surface area contributed by atoms with Crippen LogP contribution >= 0.6 is 23.6 Å². The summed E-state index contributed by atoms with van der Waals surface area (Å²) in [6.07, 6.45) is 13.9. The van der Waals surface area contributed by atoms with E-state index in [-0.39, 0.29) is 5.97 Å². The van der Waals surface area contributed by atoms with Crippen LogP contribution < -0.4 is 10.6 Å². The van der Waals surface area contributed by atoms with Crippen LogP contribution in [0.1, 0.15) is 80.1 Å². The zero-order valence-electron chi connectivity index (χ0n) is 16.6. The molecule has 0 aliphatic heterocycles. The van der Waals surface area contributed by atoms with Gasteiger partial charge in [0.1, 0.15) is 5.00 Å². The second kappa shape index (κ2) is 10.1. The molecular weight excluding hydrogens is 376 g/mol. The molecule has 0 saturated carbocycles. The quantitative estimate of drug-likeness (QED) is 0.393. The zero-order chi connectivity index (χ0) is 19.9. The van der Waals surface area contributed by atoms with Gasteiger partial charge in [-0.25, -0.2) is 4.79 Å². The molecule has 0 spiro atoms. The molecule has 1 heterocycles. The fourth-order valence-corrected chi connectivity index (χ4v) is 5.09. The van der Waals surface area contributed by atoms with E-state index in [1.54, 1.807) is 11.3 Å². The number of hydrogen-bond acceptors (Lipinski definition) is 4. The van der Waals surface area contributed by atoms with Gasteiger partial charge in [-0.2, -0.15) is 0 Å². The molecule has 0 radical (unpaired) electrons. The number of aryl methyl sites for hydroxylation is 1. The lowest BCUT2D eigenvalue weighted by molar-refractivity contribution is 0.0526. The first-order valence-corrected chi connectivity index (χ1v) is 11.1. The van der Waals surface area contributed by atoms with Crippen LogP contribution in [0.3, 0.4) is 0 Å². The van der Waals surface area contributed by atoms with Crippen LogP contribution in [0, 0.1) is 12.3 Å². The molecule has 1 aliphatic rings. The smallest absolute Gasteiger partial charge is 0.341 e. The molecule has 27 heavy (non-hydrogen) atoms. The maximum absolute atomic E-state index is 12.7. The molecule has 0 fully saturated rings. The van der Waals surface area contributed by atoms with Gasteiger partial charge in [-0.15, -0.1) is 17.8 Å². The van der Waals surface area contributed by atoms with E-state index in [2.05, 4.69) is 16.6 Å². The Morgan fingerprint density at radius 3 is 2.48 bits per heavy atom. The molecule has 0 aromatic carbocycles. The number of fused-ring (bicyclic) bond motifs is 1. The van der Waals surface area contributed by atoms with Crippen LogP contribution in [-0.2, 0) is 17.6 Å². The second-order valence-corrected chi connectivity index (χ2v) is 8.37. The van der Waals surface area contributed by atoms with Gasteiger partial charge in [0.2, 0.25) is 0 Å². The third-order valence-corrected chi connectivity index (χ3v) is 6.63. The monoisotopic (exact) mass is 406 g/mol. The average molecular weight is 407 g/mol. The predicted molar refractivity (Wildman–Crippen MR) is 118 cm³/mol. The van der Waals surface area contributed by atoms with Gasteiger partial charge in [0.15, 0.2) is 5.11 Å². The maximum Gasteiger partial charge on any atom is 0.341 e. The van der Waals surface area contributed by atoms with Crippen molar-refractivity contribution in [1.29, 1.82) is 0 Å². The SMILES string of the molecule is C#CC(CC)(CC)NC(=S)Nc1sc2c(c1C(=O)OCC)CCCCCC2. The van der Waals surface area contributed by atoms with Gasteiger partial charge in [-0.1, -0.05) is 32.6 Å². The van der Waals surface area contributed by atoms with Gasteiger partial charge in [-0.3, -0.25) is 0 Å². The van der Waals surface area contributed by atoms with E-state index < -0.39 is 5.54 Å². The first-order valence-electron chi connectivity index (χ1n) is 9.88. The van der Waals surface area contributed by atoms with E-state index in [0.717, 1.165) is 49.1 Å². The van der Waals surface area contributed by atoms with E-state index in [4.69, 9.17) is 23.4 Å². The highest BCUT2D eigenvalue weighted by Crippen LogP contribution is 2.37. The van der Waals surface area contributed by atoms with Crippen LogP contribution in [-0.4, -0.2) is 23.2 Å². The number of carbonyl (C=O) groups is 1. The van der Waals surface area contributed by atoms with Gasteiger partial charge in [0.25, 0.3) is 0 Å². The zero-order valence-corrected chi connectivity index (χ0v) is 18.2. The number of ether oxygens (including phenoxy) is 1. The van der Waals surface area contributed by atoms with Gasteiger partial charge in [0.05, 0.1) is 17.7 Å². The maximum atomic E-state index is 12.7. The molecule has 1 aliphatic carbocycles. The Morgan fingerprint density at radius 2 is 1.89 bits per heavy atom. The number of thiophene rings is 1. The Morgan fingerprint density at radius 1 is 1.22 bits per heavy atom. The summed E-state index contributed by atoms with van der Waals surface area (Å²) >= 11 is 7.15. The van der Waals surface area contributed by atoms with Gasteiger partial charge in [-0.05, 0) is 63.2 Å². The minimum Gasteiger partial charge on any atom is -0.462 e. The molecule has 1 aromatic heterocycles. The molecule has 0 saturated heterocycles. The van der Waals surface area contributed by atoms with Crippen LogP contribution in [0.5, 0.6) is 0 Å². The van der Waals surface area contributed by atoms with E-state index in [0.29, 0.717) is 17.3 Å². The van der Waals surface area contributed by atoms with Crippen molar-refractivity contribution in [1.82, 2.24) is 5.32 Å². The molecule has 0 amide bonds. The highest BCUT2D eigenvalue weighted by Gasteiger charge is 2.28. The number of terminal acetylenes is 1. The predicted octanol–water partition coefficient (Wildman–Crippen LogP) is 5.06. The number of hydrogen-bond donors (Lipinski definition) is 2. The molecule has 4 nitrogen and oxygen atoms in total. The normalized spacial score (nSPS) is 14.3. The van der Waals surface area contributed by atoms with Crippen LogP contribution in [0.25, 0.3) is 0 Å². The number of esters is 1. The molecule has 6 heteroatoms. The molecule has 0 atom stereocenters. The first kappa shape index (κ1) is 21.7. The highest BCUT2D eigenvalue weighted by atomic mass is 32.1. The minimum atomic E-state index is -0.472. The van der Waals surface area contributed by atoms with Gasteiger partial charge < -0.3 is 15.4 Å². The van der Waals surface area contributed by atoms with Gasteiger partial charge >= 0.3 is 5.97 Å². The van der Waals surface area contributed by atoms with E-state index in [9.17, 15) is 4.79 Å². The van der Waals surface area contributed by atoms with Crippen molar-refractivity contribution >= 4 is 39.6 Å². The van der Waals surface area contributed by atoms with Crippen molar-refractivity contribution < 1.29 is 9.53 Å². The Bertz CT molecular complexity index is 714. The molecule has 0 unspecified atom stereocenters. The fourth-order valence-electron chi connectivity index (χ4n) is 3.45. The summed E-state index contributed by atoms with van der Waals surface area (Å²) in [5.41, 5.74) is 1.32. The summed E-state index contributed by atoms with van der Waals surface area (Å²) in [7, 11) is 0. The van der Waals surface area contributed by atoms with Crippen molar-refractivity contribution in [3.8, 4) is 12.3 Å². The van der Waals surface area contributed by atoms with E-state index >= 15 is 0 Å². The van der Waals surface area contributed by atoms with Gasteiger partial charge in [0, 0.05) is 4.88 Å². The highest BCUT2D eigenvalue weighted by molar-refractivity contribution is 7.80. The largest absolute Gasteiger partial charge is 0.462 e. The Labute approximate surface area is 172 Å². The van der Waals surface area contributed by atoms with Crippen molar-refractivity contribution in [2.75, 3.05) is 11.9 Å². The minimum absolute atomic E-state index is 0.268. The number of rotatable bonds is 6. The lowest BCUT2D eigenvalue weighted by atomic mass is 9.94. The third-order valence-electron chi connectivity index (χ3n) is 5.21. The Hall–Kier alpha value is -1.58. The van der Waals surface area contributed by atoms with Crippen molar-refractivity contribution in [3.05, 3.63) is 16.0 Å². The van der Waals surface area contributed by atoms with E-state index in [1.165, 1.54) is 17.7 Å². The summed E-state index contributed by atoms with van der Waals surface area (Å²) in [5.74, 6) is 2.56. The number of anilines is 1. The van der Waals surface area contributed by atoms with Crippen molar-refractivity contribution in [2.24, 2.45) is 0 Å². The molecule has 2 N–H and O–H groups in total. The summed E-state index contributed by atoms with van der Waals surface area (Å²) in [6.45, 7) is 6.27. The Balaban J connectivity index is 2.32. The fraction of sp³-hybridized carbons (Fsp3) is 0.619. The van der Waals surface area contributed by atoms with E-state index in [1.807, 2.05) is 20.8 Å². The second-order valence-electron chi connectivity index (χ2n) is 6.86. The van der Waals surface area contributed by atoms with Crippen LogP contribution in [0.4, 0.5) is 5.00 Å². The van der Waals surface area contributed by atoms with Crippen LogP contribution in [0.15, 0.2) is 0 Å². The molecule has 2 rings (SSSR count). The average Bonchev–Trinajstić information content (AvgIpc) is 2.96. The summed E-state index contributed by atoms with van der Waals surface area (Å²) < 4.78 is 5.34. The van der Waals surface area contributed by atoms with Crippen molar-refractivity contribution in [2.45, 2.75) is 77.7 Å². The molecular formula is C21H30N2O2S2. The Kier molecular flexibility index (Phi) is 8.12. The lowest BCUT2D eigenvalue weighted by Crippen LogP contribution is -2.48. The number of nitrogens with one attached hydrogen (secondary N) is 2. The van der Waals surface area contributed by atoms with Crippen molar-refractivity contribution in [3.63, 3.8) is 0 Å². The third kappa shape index (κ3) is 5.24. The molecule has 1 aromatic rings. The molecule has 148 valence electrons. The molecule has 0 bridgehead atoms.